The molecule has 0 bridgehead atoms. The van der Waals surface area contributed by atoms with E-state index in [-0.39, 0.29) is 16.7 Å². The van der Waals surface area contributed by atoms with E-state index in [0.29, 0.717) is 0 Å². The number of aliphatic hydroxyl groups is 2. The lowest BCUT2D eigenvalue weighted by Gasteiger charge is -2.43. The van der Waals surface area contributed by atoms with Crippen molar-refractivity contribution in [1.82, 2.24) is 0 Å². The minimum atomic E-state index is -2.57. The molecule has 1 saturated carbocycles. The number of carbonyl (C=O) groups is 6. The molecule has 53 heavy (non-hydrogen) atoms. The zero-order chi connectivity index (χ0) is 39.5. The van der Waals surface area contributed by atoms with Gasteiger partial charge in [-0.25, -0.2) is 9.59 Å². The third-order valence-corrected chi connectivity index (χ3v) is 9.64. The maximum absolute atomic E-state index is 14.5. The normalized spacial score (nSPS) is 31.8. The highest BCUT2D eigenvalue weighted by molar-refractivity contribution is 5.93. The molecule has 2 aliphatic rings. The van der Waals surface area contributed by atoms with Gasteiger partial charge in [0, 0.05) is 44.1 Å². The quantitative estimate of drug-likeness (QED) is 0.235. The van der Waals surface area contributed by atoms with Gasteiger partial charge in [0.15, 0.2) is 24.1 Å². The van der Waals surface area contributed by atoms with Gasteiger partial charge >= 0.3 is 29.8 Å². The summed E-state index contributed by atoms with van der Waals surface area (Å²) in [7, 11) is 0. The van der Waals surface area contributed by atoms with E-state index in [0.717, 1.165) is 20.8 Å². The molecule has 2 aromatic rings. The second kappa shape index (κ2) is 15.8. The minimum Gasteiger partial charge on any atom is -0.458 e. The van der Waals surface area contributed by atoms with E-state index in [4.69, 9.17) is 23.7 Å². The maximum Gasteiger partial charge on any atom is 0.338 e. The number of rotatable bonds is 7. The number of aliphatic hydroxyl groups excluding tert-OH is 1. The van der Waals surface area contributed by atoms with Crippen LogP contribution in [0.3, 0.4) is 0 Å². The van der Waals surface area contributed by atoms with Gasteiger partial charge in [-0.1, -0.05) is 75.9 Å². The van der Waals surface area contributed by atoms with Crippen LogP contribution in [0.5, 0.6) is 0 Å². The monoisotopic (exact) mass is 734 g/mol. The van der Waals surface area contributed by atoms with Gasteiger partial charge in [-0.05, 0) is 31.2 Å². The van der Waals surface area contributed by atoms with E-state index < -0.39 is 101 Å². The third kappa shape index (κ3) is 8.74. The maximum atomic E-state index is 14.5. The molecule has 13 heteroatoms. The number of hydrogen-bond acceptors (Lipinski definition) is 13. The Morgan fingerprint density at radius 2 is 1.25 bits per heavy atom. The van der Waals surface area contributed by atoms with Crippen LogP contribution in [0.2, 0.25) is 0 Å². The number of fused-ring (bicyclic) bond motifs is 1. The van der Waals surface area contributed by atoms with Crippen molar-refractivity contribution in [2.24, 2.45) is 17.3 Å². The summed E-state index contributed by atoms with van der Waals surface area (Å²) in [6.45, 7) is 13.5. The largest absolute Gasteiger partial charge is 0.458 e. The highest BCUT2D eigenvalue weighted by Gasteiger charge is 2.68. The van der Waals surface area contributed by atoms with Crippen molar-refractivity contribution in [3.8, 4) is 0 Å². The first-order valence-corrected chi connectivity index (χ1v) is 17.1. The van der Waals surface area contributed by atoms with Gasteiger partial charge < -0.3 is 33.9 Å². The van der Waals surface area contributed by atoms with Gasteiger partial charge in [0.05, 0.1) is 17.0 Å². The molecule has 0 amide bonds. The number of allylic oxidation sites excluding steroid dienone is 1. The zero-order valence-electron chi connectivity index (χ0n) is 30.8. The van der Waals surface area contributed by atoms with E-state index >= 15 is 0 Å². The van der Waals surface area contributed by atoms with Crippen LogP contribution in [-0.4, -0.2) is 87.6 Å². The predicted octanol–water partition coefficient (Wildman–Crippen LogP) is 4.09. The summed E-state index contributed by atoms with van der Waals surface area (Å²) >= 11 is 0. The molecule has 0 saturated heterocycles. The molecular weight excluding hydrogens is 688 g/mol. The molecule has 0 aromatic heterocycles. The van der Waals surface area contributed by atoms with Crippen LogP contribution in [-0.2, 0) is 42.9 Å². The van der Waals surface area contributed by atoms with E-state index in [9.17, 15) is 39.0 Å². The van der Waals surface area contributed by atoms with Crippen molar-refractivity contribution in [2.75, 3.05) is 0 Å². The molecule has 1 fully saturated rings. The van der Waals surface area contributed by atoms with Crippen LogP contribution in [0.4, 0.5) is 0 Å². The molecule has 0 aliphatic heterocycles. The number of esters is 5. The molecule has 2 aliphatic carbocycles. The number of ether oxygens (including phenoxy) is 5. The Morgan fingerprint density at radius 3 is 1.72 bits per heavy atom. The smallest absolute Gasteiger partial charge is 0.338 e. The predicted molar refractivity (Wildman–Crippen MR) is 188 cm³/mol. The molecule has 2 aromatic carbocycles. The number of Topliss-reactive ketones (excluding diaryl/α,β-unsaturated/α-hetero) is 1. The molecule has 13 nitrogen and oxygen atoms in total. The second-order valence-corrected chi connectivity index (χ2v) is 14.4. The Hall–Kier alpha value is -5.14. The Kier molecular flexibility index (Phi) is 12.1. The van der Waals surface area contributed by atoms with Crippen LogP contribution in [0.15, 0.2) is 85.0 Å². The average Bonchev–Trinajstić information content (AvgIpc) is 3.29. The lowest BCUT2D eigenvalue weighted by Crippen LogP contribution is -2.58. The SMILES string of the molecule is C=C1[C@@H](OC(=O)c2ccccc2)[C@H]2[C@@H](O)[C@](C)(OC(C)=O)C[C@]2(O)C(=O)[C@@H](C)/C=C/C(C)(C)[C@H](OC(C)=O)[C@H](OC(C)=O)[C@H]1OC(=O)c1ccccc1. The van der Waals surface area contributed by atoms with Crippen LogP contribution in [0.1, 0.15) is 75.6 Å². The van der Waals surface area contributed by atoms with E-state index in [1.165, 1.54) is 50.3 Å². The van der Waals surface area contributed by atoms with E-state index in [1.807, 2.05) is 0 Å². The first kappa shape index (κ1) is 40.6. The van der Waals surface area contributed by atoms with Gasteiger partial charge in [-0.3, -0.25) is 19.2 Å². The first-order chi connectivity index (χ1) is 24.7. The first-order valence-electron chi connectivity index (χ1n) is 17.1. The summed E-state index contributed by atoms with van der Waals surface area (Å²) in [5, 5.41) is 24.6. The highest BCUT2D eigenvalue weighted by atomic mass is 16.6. The Labute approximate surface area is 307 Å². The van der Waals surface area contributed by atoms with Gasteiger partial charge in [-0.15, -0.1) is 0 Å². The number of hydrogen-bond donors (Lipinski definition) is 2. The van der Waals surface area contributed by atoms with E-state index in [2.05, 4.69) is 6.58 Å². The van der Waals surface area contributed by atoms with Crippen molar-refractivity contribution < 1.29 is 62.7 Å². The summed E-state index contributed by atoms with van der Waals surface area (Å²) in [6.07, 6.45) is -6.42. The minimum absolute atomic E-state index is 0.0288. The van der Waals surface area contributed by atoms with Gasteiger partial charge in [-0.2, -0.15) is 0 Å². The summed E-state index contributed by atoms with van der Waals surface area (Å²) in [6, 6.07) is 15.4. The lowest BCUT2D eigenvalue weighted by atomic mass is 9.72. The number of benzene rings is 2. The molecular formula is C40H46O13. The standard InChI is InChI=1S/C40H46O13/c1-22-19-20-38(6,7)35(50-25(4)42)32(49-24(3)41)31(52-37(47)28-17-13-10-14-18-28)23(2)30(51-36(46)27-15-11-9-12-16-27)29-34(45)39(8,53-26(5)43)21-40(29,48)33(22)44/h9-20,22,29-32,34-35,45,48H,2,21H2,1,3-8H3/b20-19+/t22-,29-,30+,31-,32+,34+,35+,39+,40+/m0/s1. The lowest BCUT2D eigenvalue weighted by molar-refractivity contribution is -0.183. The molecule has 0 heterocycles. The Morgan fingerprint density at radius 1 is 0.755 bits per heavy atom. The summed E-state index contributed by atoms with van der Waals surface area (Å²) in [5.74, 6) is -8.21. The second-order valence-electron chi connectivity index (χ2n) is 14.4. The van der Waals surface area contributed by atoms with Crippen molar-refractivity contribution in [2.45, 2.75) is 96.6 Å². The van der Waals surface area contributed by atoms with Gasteiger partial charge in [0.1, 0.15) is 23.4 Å². The van der Waals surface area contributed by atoms with Gasteiger partial charge in [0.2, 0.25) is 0 Å². The molecule has 0 spiro atoms. The molecule has 9 atom stereocenters. The fourth-order valence-electron chi connectivity index (χ4n) is 7.17. The van der Waals surface area contributed by atoms with Gasteiger partial charge in [0.25, 0.3) is 0 Å². The van der Waals surface area contributed by atoms with Crippen LogP contribution in [0, 0.1) is 17.3 Å². The Bertz CT molecular complexity index is 1770. The topological polar surface area (TPSA) is 189 Å². The van der Waals surface area contributed by atoms with Crippen LogP contribution < -0.4 is 0 Å². The zero-order valence-corrected chi connectivity index (χ0v) is 30.8. The summed E-state index contributed by atoms with van der Waals surface area (Å²) < 4.78 is 29.3. The molecule has 2 N–H and O–H groups in total. The van der Waals surface area contributed by atoms with Crippen molar-refractivity contribution in [1.29, 1.82) is 0 Å². The summed E-state index contributed by atoms with van der Waals surface area (Å²) in [4.78, 5) is 80.0. The van der Waals surface area contributed by atoms with Crippen molar-refractivity contribution in [3.05, 3.63) is 96.1 Å². The fraction of sp³-hybridized carbons (Fsp3) is 0.450. The molecule has 0 unspecified atom stereocenters. The average molecular weight is 735 g/mol. The van der Waals surface area contributed by atoms with Crippen molar-refractivity contribution in [3.63, 3.8) is 0 Å². The summed E-state index contributed by atoms with van der Waals surface area (Å²) in [5.41, 5.74) is -6.04. The Balaban J connectivity index is 2.08. The number of ketones is 1. The van der Waals surface area contributed by atoms with Crippen LogP contribution >= 0.6 is 0 Å². The van der Waals surface area contributed by atoms with Crippen LogP contribution in [0.25, 0.3) is 0 Å². The number of carbonyl (C=O) groups excluding carboxylic acids is 6. The molecule has 284 valence electrons. The molecule has 0 radical (unpaired) electrons. The fourth-order valence-corrected chi connectivity index (χ4v) is 7.17. The third-order valence-electron chi connectivity index (χ3n) is 9.64. The highest BCUT2D eigenvalue weighted by Crippen LogP contribution is 2.51. The van der Waals surface area contributed by atoms with Crippen molar-refractivity contribution >= 4 is 35.6 Å². The molecule has 4 rings (SSSR count). The van der Waals surface area contributed by atoms with E-state index in [1.54, 1.807) is 50.2 Å².